The molecule has 1 fully saturated rings. The lowest BCUT2D eigenvalue weighted by Gasteiger charge is -2.34. The Morgan fingerprint density at radius 2 is 1.59 bits per heavy atom. The van der Waals surface area contributed by atoms with Crippen LogP contribution in [-0.2, 0) is 21.4 Å². The van der Waals surface area contributed by atoms with Gasteiger partial charge in [-0.3, -0.25) is 9.69 Å². The van der Waals surface area contributed by atoms with Crippen LogP contribution in [0.5, 0.6) is 0 Å². The van der Waals surface area contributed by atoms with Crippen molar-refractivity contribution in [3.05, 3.63) is 59.1 Å². The zero-order chi connectivity index (χ0) is 19.4. The Bertz CT molecular complexity index is 891. The third kappa shape index (κ3) is 5.07. The number of sulfonamides is 1. The second-order valence-corrected chi connectivity index (χ2v) is 8.89. The van der Waals surface area contributed by atoms with E-state index in [1.54, 1.807) is 12.1 Å². The van der Waals surface area contributed by atoms with Gasteiger partial charge in [0, 0.05) is 50.4 Å². The topological polar surface area (TPSA) is 69.7 Å². The summed E-state index contributed by atoms with van der Waals surface area (Å²) in [4.78, 5) is 13.5. The average molecular weight is 408 g/mol. The normalized spacial score (nSPS) is 16.2. The first-order chi connectivity index (χ1) is 12.8. The van der Waals surface area contributed by atoms with Crippen LogP contribution in [0.3, 0.4) is 0 Å². The highest BCUT2D eigenvalue weighted by Gasteiger charge is 2.28. The van der Waals surface area contributed by atoms with Gasteiger partial charge in [-0.25, -0.2) is 8.42 Å². The first-order valence-corrected chi connectivity index (χ1v) is 10.5. The van der Waals surface area contributed by atoms with E-state index in [0.29, 0.717) is 36.9 Å². The molecule has 1 N–H and O–H groups in total. The average Bonchev–Trinajstić information content (AvgIpc) is 2.64. The minimum atomic E-state index is -3.53. The van der Waals surface area contributed by atoms with Gasteiger partial charge in [-0.1, -0.05) is 23.7 Å². The van der Waals surface area contributed by atoms with Gasteiger partial charge in [-0.05, 0) is 42.0 Å². The lowest BCUT2D eigenvalue weighted by Crippen LogP contribution is -2.48. The molecule has 1 amide bonds. The highest BCUT2D eigenvalue weighted by atomic mass is 35.5. The molecule has 0 radical (unpaired) electrons. The van der Waals surface area contributed by atoms with Gasteiger partial charge in [0.1, 0.15) is 0 Å². The smallest absolute Gasteiger partial charge is 0.243 e. The van der Waals surface area contributed by atoms with Gasteiger partial charge in [-0.15, -0.1) is 0 Å². The number of halogens is 1. The summed E-state index contributed by atoms with van der Waals surface area (Å²) in [5, 5.41) is 3.34. The summed E-state index contributed by atoms with van der Waals surface area (Å²) < 4.78 is 27.2. The number of piperazine rings is 1. The predicted molar refractivity (Wildman–Crippen MR) is 106 cm³/mol. The third-order valence-corrected chi connectivity index (χ3v) is 6.63. The third-order valence-electron chi connectivity index (χ3n) is 4.46. The fraction of sp³-hybridized carbons (Fsp3) is 0.316. The Morgan fingerprint density at radius 3 is 2.15 bits per heavy atom. The van der Waals surface area contributed by atoms with E-state index in [4.69, 9.17) is 11.6 Å². The van der Waals surface area contributed by atoms with Crippen molar-refractivity contribution in [2.24, 2.45) is 0 Å². The van der Waals surface area contributed by atoms with Crippen molar-refractivity contribution < 1.29 is 13.2 Å². The molecule has 0 saturated carbocycles. The largest absolute Gasteiger partial charge is 0.326 e. The van der Waals surface area contributed by atoms with Gasteiger partial charge in [-0.2, -0.15) is 4.31 Å². The van der Waals surface area contributed by atoms with Gasteiger partial charge < -0.3 is 5.32 Å². The molecule has 6 nitrogen and oxygen atoms in total. The summed E-state index contributed by atoms with van der Waals surface area (Å²) in [5.41, 5.74) is 1.73. The van der Waals surface area contributed by atoms with E-state index in [2.05, 4.69) is 10.2 Å². The summed E-state index contributed by atoms with van der Waals surface area (Å²) >= 11 is 5.91. The van der Waals surface area contributed by atoms with Crippen LogP contribution in [0, 0.1) is 0 Å². The quantitative estimate of drug-likeness (QED) is 0.827. The SMILES string of the molecule is CC(=O)Nc1ccc(S(=O)(=O)N2CCN(Cc3ccc(Cl)cc3)CC2)cc1. The Labute approximate surface area is 164 Å². The predicted octanol–water partition coefficient (Wildman–Crippen LogP) is 2.80. The van der Waals surface area contributed by atoms with Crippen LogP contribution in [0.25, 0.3) is 0 Å². The van der Waals surface area contributed by atoms with Gasteiger partial charge in [0.2, 0.25) is 15.9 Å². The van der Waals surface area contributed by atoms with E-state index < -0.39 is 10.0 Å². The summed E-state index contributed by atoms with van der Waals surface area (Å²) in [7, 11) is -3.53. The number of benzene rings is 2. The van der Waals surface area contributed by atoms with Crippen molar-refractivity contribution in [3.63, 3.8) is 0 Å². The Morgan fingerprint density at radius 1 is 1.00 bits per heavy atom. The lowest BCUT2D eigenvalue weighted by molar-refractivity contribution is -0.114. The van der Waals surface area contributed by atoms with Crippen molar-refractivity contribution in [2.45, 2.75) is 18.4 Å². The molecular weight excluding hydrogens is 386 g/mol. The number of rotatable bonds is 5. The number of carbonyl (C=O) groups excluding carboxylic acids is 1. The molecule has 2 aromatic carbocycles. The fourth-order valence-corrected chi connectivity index (χ4v) is 4.59. The van der Waals surface area contributed by atoms with Crippen LogP contribution < -0.4 is 5.32 Å². The maximum atomic E-state index is 12.8. The van der Waals surface area contributed by atoms with Gasteiger partial charge in [0.25, 0.3) is 0 Å². The van der Waals surface area contributed by atoms with E-state index in [0.717, 1.165) is 12.1 Å². The number of anilines is 1. The molecule has 1 aliphatic rings. The molecule has 1 aliphatic heterocycles. The molecule has 1 saturated heterocycles. The second-order valence-electron chi connectivity index (χ2n) is 6.51. The van der Waals surface area contributed by atoms with Crippen molar-refractivity contribution in [3.8, 4) is 0 Å². The molecule has 8 heteroatoms. The molecular formula is C19H22ClN3O3S. The highest BCUT2D eigenvalue weighted by Crippen LogP contribution is 2.21. The van der Waals surface area contributed by atoms with Crippen molar-refractivity contribution >= 4 is 33.2 Å². The molecule has 0 atom stereocenters. The Hall–Kier alpha value is -1.93. The van der Waals surface area contributed by atoms with Crippen LogP contribution >= 0.6 is 11.6 Å². The summed E-state index contributed by atoms with van der Waals surface area (Å²) in [5.74, 6) is -0.192. The van der Waals surface area contributed by atoms with Crippen molar-refractivity contribution in [1.29, 1.82) is 0 Å². The van der Waals surface area contributed by atoms with E-state index in [1.165, 1.54) is 23.4 Å². The van der Waals surface area contributed by atoms with E-state index in [9.17, 15) is 13.2 Å². The highest BCUT2D eigenvalue weighted by molar-refractivity contribution is 7.89. The number of amides is 1. The molecule has 1 heterocycles. The molecule has 27 heavy (non-hydrogen) atoms. The number of carbonyl (C=O) groups is 1. The minimum Gasteiger partial charge on any atom is -0.326 e. The number of hydrogen-bond acceptors (Lipinski definition) is 4. The number of nitrogens with zero attached hydrogens (tertiary/aromatic N) is 2. The molecule has 0 spiro atoms. The maximum Gasteiger partial charge on any atom is 0.243 e. The molecule has 3 rings (SSSR count). The first-order valence-electron chi connectivity index (χ1n) is 8.69. The molecule has 2 aromatic rings. The Kier molecular flexibility index (Phi) is 6.16. The maximum absolute atomic E-state index is 12.8. The van der Waals surface area contributed by atoms with Gasteiger partial charge >= 0.3 is 0 Å². The van der Waals surface area contributed by atoms with Crippen molar-refractivity contribution in [1.82, 2.24) is 9.21 Å². The minimum absolute atomic E-state index is 0.192. The van der Waals surface area contributed by atoms with Gasteiger partial charge in [0.15, 0.2) is 0 Å². The van der Waals surface area contributed by atoms with Crippen LogP contribution in [0.15, 0.2) is 53.4 Å². The number of hydrogen-bond donors (Lipinski definition) is 1. The van der Waals surface area contributed by atoms with Crippen LogP contribution in [-0.4, -0.2) is 49.7 Å². The second kappa shape index (κ2) is 8.39. The van der Waals surface area contributed by atoms with Crippen LogP contribution in [0.4, 0.5) is 5.69 Å². The standard InChI is InChI=1S/C19H22ClN3O3S/c1-15(24)21-18-6-8-19(9-7-18)27(25,26)23-12-10-22(11-13-23)14-16-2-4-17(20)5-3-16/h2-9H,10-14H2,1H3,(H,21,24). The zero-order valence-corrected chi connectivity index (χ0v) is 16.6. The summed E-state index contributed by atoms with van der Waals surface area (Å²) in [6.45, 7) is 4.43. The van der Waals surface area contributed by atoms with E-state index >= 15 is 0 Å². The number of nitrogens with one attached hydrogen (secondary N) is 1. The molecule has 0 aromatic heterocycles. The van der Waals surface area contributed by atoms with Crippen LogP contribution in [0.2, 0.25) is 5.02 Å². The van der Waals surface area contributed by atoms with Crippen molar-refractivity contribution in [2.75, 3.05) is 31.5 Å². The van der Waals surface area contributed by atoms with E-state index in [-0.39, 0.29) is 10.8 Å². The molecule has 144 valence electrons. The van der Waals surface area contributed by atoms with Crippen LogP contribution in [0.1, 0.15) is 12.5 Å². The molecule has 0 aliphatic carbocycles. The summed E-state index contributed by atoms with van der Waals surface area (Å²) in [6, 6.07) is 14.0. The first kappa shape index (κ1) is 19.8. The Balaban J connectivity index is 1.60. The zero-order valence-electron chi connectivity index (χ0n) is 15.1. The summed E-state index contributed by atoms with van der Waals surface area (Å²) in [6.07, 6.45) is 0. The molecule has 0 unspecified atom stereocenters. The monoisotopic (exact) mass is 407 g/mol. The van der Waals surface area contributed by atoms with E-state index in [1.807, 2.05) is 24.3 Å². The fourth-order valence-electron chi connectivity index (χ4n) is 3.04. The lowest BCUT2D eigenvalue weighted by atomic mass is 10.2. The molecule has 0 bridgehead atoms. The van der Waals surface area contributed by atoms with Gasteiger partial charge in [0.05, 0.1) is 4.90 Å².